The van der Waals surface area contributed by atoms with E-state index in [9.17, 15) is 28.8 Å². The van der Waals surface area contributed by atoms with Gasteiger partial charge in [-0.15, -0.1) is 0 Å². The van der Waals surface area contributed by atoms with Crippen LogP contribution in [0, 0.1) is 5.92 Å². The summed E-state index contributed by atoms with van der Waals surface area (Å²) in [6.45, 7) is 3.19. The first-order valence-corrected chi connectivity index (χ1v) is 9.87. The van der Waals surface area contributed by atoms with E-state index in [0.717, 1.165) is 0 Å². The van der Waals surface area contributed by atoms with Crippen molar-refractivity contribution in [3.8, 4) is 0 Å². The minimum Gasteiger partial charge on any atom is -0.481 e. The smallest absolute Gasteiger partial charge is 0.326 e. The molecular weight excluding hydrogens is 436 g/mol. The molecule has 0 aliphatic heterocycles. The second-order valence-electron chi connectivity index (χ2n) is 7.01. The second kappa shape index (κ2) is 13.4. The third-order valence-corrected chi connectivity index (χ3v) is 4.42. The second-order valence-corrected chi connectivity index (χ2v) is 7.38. The Balaban J connectivity index is 5.17. The van der Waals surface area contributed by atoms with Gasteiger partial charge in [-0.25, -0.2) is 4.79 Å². The molecule has 0 heterocycles. The lowest BCUT2D eigenvalue weighted by atomic mass is 10.0. The Hall–Kier alpha value is -2.87. The van der Waals surface area contributed by atoms with Crippen molar-refractivity contribution in [2.24, 2.45) is 11.7 Å². The largest absolute Gasteiger partial charge is 0.481 e. The minimum atomic E-state index is -1.49. The van der Waals surface area contributed by atoms with Crippen molar-refractivity contribution < 1.29 is 44.1 Å². The minimum absolute atomic E-state index is 0.222. The number of rotatable bonds is 14. The molecule has 8 N–H and O–H groups in total. The van der Waals surface area contributed by atoms with Gasteiger partial charge in [-0.3, -0.25) is 24.0 Å². The fourth-order valence-corrected chi connectivity index (χ4v) is 2.59. The normalized spacial score (nSPS) is 14.6. The van der Waals surface area contributed by atoms with E-state index in [2.05, 4.69) is 28.6 Å². The van der Waals surface area contributed by atoms with E-state index in [1.54, 1.807) is 13.8 Å². The van der Waals surface area contributed by atoms with Crippen molar-refractivity contribution in [3.63, 3.8) is 0 Å². The lowest BCUT2D eigenvalue weighted by Gasteiger charge is -2.26. The topological polar surface area (TPSA) is 225 Å². The van der Waals surface area contributed by atoms with E-state index in [-0.39, 0.29) is 12.2 Å². The predicted molar refractivity (Wildman–Crippen MR) is 109 cm³/mol. The van der Waals surface area contributed by atoms with Gasteiger partial charge < -0.3 is 37.0 Å². The van der Waals surface area contributed by atoms with E-state index < -0.39 is 78.6 Å². The molecule has 13 nitrogen and oxygen atoms in total. The third kappa shape index (κ3) is 10.6. The van der Waals surface area contributed by atoms with Gasteiger partial charge in [0.15, 0.2) is 0 Å². The number of aliphatic carboxylic acids is 3. The first-order chi connectivity index (χ1) is 14.3. The molecule has 0 saturated heterocycles. The summed E-state index contributed by atoms with van der Waals surface area (Å²) in [6.07, 6.45) is -1.50. The standard InChI is InChI=1S/C17H28N4O9S/c1-7(2)13(21-14(26)8(18)5-12(24)25)16(28)20-10(6-31)15(27)19-9(17(29)30)3-4-11(22)23/h7-10,13,31H,3-6,18H2,1-2H3,(H,19,27)(H,20,28)(H,21,26)(H,22,23)(H,24,25)(H,29,30). The highest BCUT2D eigenvalue weighted by Gasteiger charge is 2.31. The summed E-state index contributed by atoms with van der Waals surface area (Å²) >= 11 is 3.96. The lowest BCUT2D eigenvalue weighted by Crippen LogP contribution is -2.59. The molecule has 0 aromatic heterocycles. The van der Waals surface area contributed by atoms with Crippen molar-refractivity contribution >= 4 is 48.3 Å². The Morgan fingerprint density at radius 3 is 1.81 bits per heavy atom. The molecule has 0 bridgehead atoms. The van der Waals surface area contributed by atoms with Crippen LogP contribution < -0.4 is 21.7 Å². The van der Waals surface area contributed by atoms with Crippen LogP contribution in [-0.4, -0.2) is 80.9 Å². The number of nitrogens with two attached hydrogens (primary N) is 1. The SMILES string of the molecule is CC(C)C(NC(=O)C(N)CC(=O)O)C(=O)NC(CS)C(=O)NC(CCC(=O)O)C(=O)O. The van der Waals surface area contributed by atoms with Crippen molar-refractivity contribution in [2.45, 2.75) is 57.3 Å². The molecule has 0 aromatic rings. The first kappa shape index (κ1) is 28.1. The zero-order valence-corrected chi connectivity index (χ0v) is 17.9. The summed E-state index contributed by atoms with van der Waals surface area (Å²) in [5.74, 6) is -7.24. The number of thiol groups is 1. The zero-order chi connectivity index (χ0) is 24.3. The first-order valence-electron chi connectivity index (χ1n) is 9.24. The van der Waals surface area contributed by atoms with Crippen LogP contribution in [0.4, 0.5) is 0 Å². The summed E-state index contributed by atoms with van der Waals surface area (Å²) in [4.78, 5) is 69.5. The summed E-state index contributed by atoms with van der Waals surface area (Å²) in [5, 5.41) is 33.3. The van der Waals surface area contributed by atoms with Crippen LogP contribution in [0.25, 0.3) is 0 Å². The number of hydrogen-bond acceptors (Lipinski definition) is 8. The van der Waals surface area contributed by atoms with E-state index >= 15 is 0 Å². The van der Waals surface area contributed by atoms with Crippen molar-refractivity contribution in [2.75, 3.05) is 5.75 Å². The summed E-state index contributed by atoms with van der Waals surface area (Å²) in [7, 11) is 0. The number of carbonyl (C=O) groups is 6. The summed E-state index contributed by atoms with van der Waals surface area (Å²) in [5.41, 5.74) is 5.48. The van der Waals surface area contributed by atoms with Crippen LogP contribution >= 0.6 is 12.6 Å². The number of hydrogen-bond donors (Lipinski definition) is 8. The summed E-state index contributed by atoms with van der Waals surface area (Å²) < 4.78 is 0. The molecule has 14 heteroatoms. The quantitative estimate of drug-likeness (QED) is 0.129. The van der Waals surface area contributed by atoms with Crippen molar-refractivity contribution in [1.82, 2.24) is 16.0 Å². The molecule has 0 saturated carbocycles. The lowest BCUT2D eigenvalue weighted by molar-refractivity contribution is -0.143. The molecular formula is C17H28N4O9S. The van der Waals surface area contributed by atoms with Crippen LogP contribution in [0.1, 0.15) is 33.1 Å². The van der Waals surface area contributed by atoms with Gasteiger partial charge in [0.1, 0.15) is 18.1 Å². The van der Waals surface area contributed by atoms with Crippen molar-refractivity contribution in [1.29, 1.82) is 0 Å². The molecule has 0 aromatic carbocycles. The third-order valence-electron chi connectivity index (χ3n) is 4.06. The van der Waals surface area contributed by atoms with Crippen LogP contribution in [0.3, 0.4) is 0 Å². The number of carboxylic acid groups (broad SMARTS) is 3. The Morgan fingerprint density at radius 1 is 0.839 bits per heavy atom. The molecule has 0 fully saturated rings. The average molecular weight is 464 g/mol. The van der Waals surface area contributed by atoms with Crippen molar-refractivity contribution in [3.05, 3.63) is 0 Å². The average Bonchev–Trinajstić information content (AvgIpc) is 2.65. The van der Waals surface area contributed by atoms with Crippen LogP contribution in [0.5, 0.6) is 0 Å². The molecule has 0 aliphatic carbocycles. The highest BCUT2D eigenvalue weighted by atomic mass is 32.1. The Labute approximate surface area is 183 Å². The van der Waals surface area contributed by atoms with Crippen LogP contribution in [-0.2, 0) is 28.8 Å². The highest BCUT2D eigenvalue weighted by molar-refractivity contribution is 7.80. The van der Waals surface area contributed by atoms with E-state index in [4.69, 9.17) is 21.1 Å². The molecule has 4 unspecified atom stereocenters. The zero-order valence-electron chi connectivity index (χ0n) is 17.0. The fraction of sp³-hybridized carbons (Fsp3) is 0.647. The van der Waals surface area contributed by atoms with Crippen LogP contribution in [0.2, 0.25) is 0 Å². The van der Waals surface area contributed by atoms with Gasteiger partial charge in [0.25, 0.3) is 0 Å². The maximum Gasteiger partial charge on any atom is 0.326 e. The maximum atomic E-state index is 12.6. The molecule has 0 spiro atoms. The predicted octanol–water partition coefficient (Wildman–Crippen LogP) is -2.22. The molecule has 0 aliphatic rings. The Bertz CT molecular complexity index is 701. The molecule has 3 amide bonds. The molecule has 0 radical (unpaired) electrons. The van der Waals surface area contributed by atoms with Gasteiger partial charge >= 0.3 is 17.9 Å². The summed E-state index contributed by atoms with van der Waals surface area (Å²) in [6, 6.07) is -5.32. The van der Waals surface area contributed by atoms with Gasteiger partial charge in [0.05, 0.1) is 12.5 Å². The number of carboxylic acids is 3. The molecule has 4 atom stereocenters. The molecule has 31 heavy (non-hydrogen) atoms. The van der Waals surface area contributed by atoms with Gasteiger partial charge in [-0.05, 0) is 12.3 Å². The number of nitrogens with one attached hydrogen (secondary N) is 3. The maximum absolute atomic E-state index is 12.6. The van der Waals surface area contributed by atoms with Gasteiger partial charge in [0.2, 0.25) is 17.7 Å². The van der Waals surface area contributed by atoms with E-state index in [1.807, 2.05) is 0 Å². The monoisotopic (exact) mass is 464 g/mol. The molecule has 176 valence electrons. The number of amides is 3. The number of carbonyl (C=O) groups excluding carboxylic acids is 3. The Morgan fingerprint density at radius 2 is 1.39 bits per heavy atom. The van der Waals surface area contributed by atoms with E-state index in [1.165, 1.54) is 0 Å². The molecule has 0 rings (SSSR count). The van der Waals surface area contributed by atoms with Crippen LogP contribution in [0.15, 0.2) is 0 Å². The Kier molecular flexibility index (Phi) is 12.2. The van der Waals surface area contributed by atoms with E-state index in [0.29, 0.717) is 0 Å². The van der Waals surface area contributed by atoms with Gasteiger partial charge in [-0.1, -0.05) is 13.8 Å². The van der Waals surface area contributed by atoms with Gasteiger partial charge in [0, 0.05) is 12.2 Å². The fourth-order valence-electron chi connectivity index (χ4n) is 2.33. The highest BCUT2D eigenvalue weighted by Crippen LogP contribution is 2.05. The van der Waals surface area contributed by atoms with Gasteiger partial charge in [-0.2, -0.15) is 12.6 Å².